The predicted molar refractivity (Wildman–Crippen MR) is 75.1 cm³/mol. The van der Waals surface area contributed by atoms with E-state index in [2.05, 4.69) is 32.9 Å². The molecule has 0 atom stereocenters. The molecule has 3 nitrogen and oxygen atoms in total. The fourth-order valence-corrected chi connectivity index (χ4v) is 1.97. The number of rotatable bonds is 6. The molecule has 1 rings (SSSR count). The van der Waals surface area contributed by atoms with Gasteiger partial charge in [-0.25, -0.2) is 0 Å². The number of hydrogen-bond donors (Lipinski definition) is 1. The summed E-state index contributed by atoms with van der Waals surface area (Å²) in [6.07, 6.45) is 0.429. The number of aryl methyl sites for hydroxylation is 1. The molecule has 0 aliphatic rings. The number of hydrogen-bond acceptors (Lipinski definition) is 2. The lowest BCUT2D eigenvalue weighted by Crippen LogP contribution is -2.35. The van der Waals surface area contributed by atoms with Crippen molar-refractivity contribution in [3.05, 3.63) is 35.4 Å². The summed E-state index contributed by atoms with van der Waals surface area (Å²) in [6, 6.07) is 8.20. The summed E-state index contributed by atoms with van der Waals surface area (Å²) in [5.74, 6) is 0.616. The molecular formula is C15H24N2O. The molecule has 0 aliphatic heterocycles. The van der Waals surface area contributed by atoms with Gasteiger partial charge in [0.1, 0.15) is 0 Å². The van der Waals surface area contributed by atoms with E-state index in [1.165, 1.54) is 11.1 Å². The van der Waals surface area contributed by atoms with Gasteiger partial charge in [0.25, 0.3) is 0 Å². The van der Waals surface area contributed by atoms with Crippen molar-refractivity contribution in [1.29, 1.82) is 0 Å². The molecule has 0 bridgehead atoms. The number of nitrogens with zero attached hydrogens (tertiary/aromatic N) is 1. The van der Waals surface area contributed by atoms with Crippen LogP contribution in [0.3, 0.4) is 0 Å². The maximum Gasteiger partial charge on any atom is 0.224 e. The first-order valence-corrected chi connectivity index (χ1v) is 6.57. The van der Waals surface area contributed by atoms with Gasteiger partial charge >= 0.3 is 0 Å². The Balaban J connectivity index is 2.78. The lowest BCUT2D eigenvalue weighted by molar-refractivity contribution is -0.132. The SMILES string of the molecule is Cc1ccccc1CN(CC(C)C)C(=O)CCN. The summed E-state index contributed by atoms with van der Waals surface area (Å²) in [7, 11) is 0. The molecule has 100 valence electrons. The van der Waals surface area contributed by atoms with Crippen molar-refractivity contribution in [1.82, 2.24) is 4.90 Å². The van der Waals surface area contributed by atoms with Crippen LogP contribution in [-0.4, -0.2) is 23.9 Å². The number of carbonyl (C=O) groups is 1. The van der Waals surface area contributed by atoms with E-state index in [9.17, 15) is 4.79 Å². The van der Waals surface area contributed by atoms with Gasteiger partial charge in [0.15, 0.2) is 0 Å². The molecule has 1 aromatic rings. The standard InChI is InChI=1S/C15H24N2O/c1-12(2)10-17(15(18)8-9-16)11-14-7-5-4-6-13(14)3/h4-7,12H,8-11,16H2,1-3H3. The summed E-state index contributed by atoms with van der Waals surface area (Å²) < 4.78 is 0. The monoisotopic (exact) mass is 248 g/mol. The quantitative estimate of drug-likeness (QED) is 0.840. The van der Waals surface area contributed by atoms with Crippen LogP contribution in [0.25, 0.3) is 0 Å². The van der Waals surface area contributed by atoms with E-state index in [1.54, 1.807) is 0 Å². The molecular weight excluding hydrogens is 224 g/mol. The molecule has 3 heteroatoms. The first kappa shape index (κ1) is 14.7. The number of benzene rings is 1. The van der Waals surface area contributed by atoms with E-state index >= 15 is 0 Å². The zero-order valence-corrected chi connectivity index (χ0v) is 11.6. The lowest BCUT2D eigenvalue weighted by atomic mass is 10.1. The Morgan fingerprint density at radius 3 is 2.56 bits per heavy atom. The Morgan fingerprint density at radius 1 is 1.33 bits per heavy atom. The zero-order valence-electron chi connectivity index (χ0n) is 11.6. The molecule has 0 saturated heterocycles. The topological polar surface area (TPSA) is 46.3 Å². The molecule has 0 saturated carbocycles. The van der Waals surface area contributed by atoms with Gasteiger partial charge in [-0.05, 0) is 24.0 Å². The van der Waals surface area contributed by atoms with Crippen LogP contribution in [-0.2, 0) is 11.3 Å². The molecule has 0 radical (unpaired) electrons. The van der Waals surface area contributed by atoms with Gasteiger partial charge in [-0.1, -0.05) is 38.1 Å². The van der Waals surface area contributed by atoms with Gasteiger partial charge in [-0.15, -0.1) is 0 Å². The summed E-state index contributed by atoms with van der Waals surface area (Å²) in [5.41, 5.74) is 7.91. The van der Waals surface area contributed by atoms with Crippen LogP contribution in [0, 0.1) is 12.8 Å². The minimum absolute atomic E-state index is 0.148. The van der Waals surface area contributed by atoms with Gasteiger partial charge in [0.2, 0.25) is 5.91 Å². The van der Waals surface area contributed by atoms with Gasteiger partial charge < -0.3 is 10.6 Å². The molecule has 18 heavy (non-hydrogen) atoms. The van der Waals surface area contributed by atoms with Crippen LogP contribution in [0.1, 0.15) is 31.4 Å². The van der Waals surface area contributed by atoms with Gasteiger partial charge in [0.05, 0.1) is 0 Å². The maximum absolute atomic E-state index is 12.0. The van der Waals surface area contributed by atoms with Gasteiger partial charge in [0, 0.05) is 26.1 Å². The van der Waals surface area contributed by atoms with Crippen molar-refractivity contribution in [3.8, 4) is 0 Å². The van der Waals surface area contributed by atoms with Crippen LogP contribution >= 0.6 is 0 Å². The number of amides is 1. The van der Waals surface area contributed by atoms with Crippen LogP contribution in [0.15, 0.2) is 24.3 Å². The second-order valence-electron chi connectivity index (χ2n) is 5.13. The fraction of sp³-hybridized carbons (Fsp3) is 0.533. The Hall–Kier alpha value is -1.35. The Bertz CT molecular complexity index is 388. The van der Waals surface area contributed by atoms with Crippen molar-refractivity contribution >= 4 is 5.91 Å². The molecule has 0 fully saturated rings. The molecule has 0 spiro atoms. The molecule has 1 amide bonds. The van der Waals surface area contributed by atoms with Gasteiger partial charge in [-0.3, -0.25) is 4.79 Å². The molecule has 0 heterocycles. The van der Waals surface area contributed by atoms with Crippen LogP contribution in [0.5, 0.6) is 0 Å². The Morgan fingerprint density at radius 2 is 2.00 bits per heavy atom. The Labute approximate surface area is 110 Å². The first-order valence-electron chi connectivity index (χ1n) is 6.57. The highest BCUT2D eigenvalue weighted by atomic mass is 16.2. The second kappa shape index (κ2) is 7.17. The number of carbonyl (C=O) groups excluding carboxylic acids is 1. The summed E-state index contributed by atoms with van der Waals surface area (Å²) in [4.78, 5) is 14.0. The normalized spacial score (nSPS) is 10.7. The third kappa shape index (κ3) is 4.49. The number of nitrogens with two attached hydrogens (primary N) is 1. The average molecular weight is 248 g/mol. The van der Waals surface area contributed by atoms with Crippen molar-refractivity contribution in [2.24, 2.45) is 11.7 Å². The van der Waals surface area contributed by atoms with Crippen molar-refractivity contribution in [2.45, 2.75) is 33.7 Å². The van der Waals surface area contributed by atoms with E-state index in [4.69, 9.17) is 5.73 Å². The summed E-state index contributed by atoms with van der Waals surface area (Å²) >= 11 is 0. The smallest absolute Gasteiger partial charge is 0.224 e. The van der Waals surface area contributed by atoms with Crippen LogP contribution < -0.4 is 5.73 Å². The van der Waals surface area contributed by atoms with Gasteiger partial charge in [-0.2, -0.15) is 0 Å². The molecule has 0 aromatic heterocycles. The lowest BCUT2D eigenvalue weighted by Gasteiger charge is -2.25. The third-order valence-corrected chi connectivity index (χ3v) is 2.92. The molecule has 0 aliphatic carbocycles. The third-order valence-electron chi connectivity index (χ3n) is 2.92. The van der Waals surface area contributed by atoms with E-state index < -0.39 is 0 Å². The van der Waals surface area contributed by atoms with E-state index in [-0.39, 0.29) is 5.91 Å². The van der Waals surface area contributed by atoms with E-state index in [1.807, 2.05) is 17.0 Å². The fourth-order valence-electron chi connectivity index (χ4n) is 1.97. The average Bonchev–Trinajstić information content (AvgIpc) is 2.31. The van der Waals surface area contributed by atoms with Crippen LogP contribution in [0.2, 0.25) is 0 Å². The molecule has 1 aromatic carbocycles. The second-order valence-corrected chi connectivity index (χ2v) is 5.13. The minimum atomic E-state index is 0.148. The highest BCUT2D eigenvalue weighted by Crippen LogP contribution is 2.12. The van der Waals surface area contributed by atoms with Crippen molar-refractivity contribution in [3.63, 3.8) is 0 Å². The zero-order chi connectivity index (χ0) is 13.5. The van der Waals surface area contributed by atoms with E-state index in [0.717, 1.165) is 6.54 Å². The van der Waals surface area contributed by atoms with Crippen molar-refractivity contribution in [2.75, 3.05) is 13.1 Å². The highest BCUT2D eigenvalue weighted by Gasteiger charge is 2.15. The summed E-state index contributed by atoms with van der Waals surface area (Å²) in [6.45, 7) is 8.22. The summed E-state index contributed by atoms with van der Waals surface area (Å²) in [5, 5.41) is 0. The van der Waals surface area contributed by atoms with E-state index in [0.29, 0.717) is 25.4 Å². The molecule has 2 N–H and O–H groups in total. The predicted octanol–water partition coefficient (Wildman–Crippen LogP) is 2.33. The van der Waals surface area contributed by atoms with Crippen molar-refractivity contribution < 1.29 is 4.79 Å². The highest BCUT2D eigenvalue weighted by molar-refractivity contribution is 5.76. The first-order chi connectivity index (χ1) is 8.54. The maximum atomic E-state index is 12.0. The molecule has 0 unspecified atom stereocenters. The Kier molecular flexibility index (Phi) is 5.86. The largest absolute Gasteiger partial charge is 0.338 e. The minimum Gasteiger partial charge on any atom is -0.338 e. The van der Waals surface area contributed by atoms with Crippen LogP contribution in [0.4, 0.5) is 0 Å².